The SMILES string of the molecule is CNC(=O)[C@@H]1C[C@H]2O[C@H](CO)[C@@H](O)[C@H](O)[C@H]2N1C(=O)CNC(C)=O. The zero-order valence-electron chi connectivity index (χ0n) is 13.5. The van der Waals surface area contributed by atoms with Crippen molar-refractivity contribution in [1.29, 1.82) is 0 Å². The average Bonchev–Trinajstić information content (AvgIpc) is 2.94. The minimum Gasteiger partial charge on any atom is -0.394 e. The van der Waals surface area contributed by atoms with E-state index in [-0.39, 0.29) is 13.0 Å². The summed E-state index contributed by atoms with van der Waals surface area (Å²) in [6.45, 7) is 0.425. The Morgan fingerprint density at radius 1 is 1.25 bits per heavy atom. The number of hydrogen-bond acceptors (Lipinski definition) is 7. The maximum absolute atomic E-state index is 12.5. The van der Waals surface area contributed by atoms with Crippen LogP contribution in [0.25, 0.3) is 0 Å². The molecular weight excluding hydrogens is 322 g/mol. The Balaban J connectivity index is 2.27. The maximum Gasteiger partial charge on any atom is 0.243 e. The van der Waals surface area contributed by atoms with Gasteiger partial charge in [-0.3, -0.25) is 14.4 Å². The van der Waals surface area contributed by atoms with Gasteiger partial charge in [-0.2, -0.15) is 0 Å². The van der Waals surface area contributed by atoms with Crippen LogP contribution in [0, 0.1) is 0 Å². The summed E-state index contributed by atoms with van der Waals surface area (Å²) in [4.78, 5) is 36.7. The van der Waals surface area contributed by atoms with E-state index < -0.39 is 60.8 Å². The van der Waals surface area contributed by atoms with Gasteiger partial charge in [-0.15, -0.1) is 0 Å². The Kier molecular flexibility index (Phi) is 5.75. The fourth-order valence-electron chi connectivity index (χ4n) is 3.29. The molecule has 2 aliphatic heterocycles. The third-order valence-electron chi connectivity index (χ3n) is 4.43. The standard InChI is InChI=1S/C14H23N3O7/c1-6(19)16-4-10(20)17-7(14(23)15-2)3-8-11(17)13(22)12(21)9(5-18)24-8/h7-9,11-13,18,21-22H,3-5H2,1-2H3,(H,15,23)(H,16,19)/t7-,8+,9+,11-,12+,13+/m0/s1. The van der Waals surface area contributed by atoms with Gasteiger partial charge in [-0.1, -0.05) is 0 Å². The second-order valence-electron chi connectivity index (χ2n) is 5.94. The number of nitrogens with zero attached hydrogens (tertiary/aromatic N) is 1. The van der Waals surface area contributed by atoms with Crippen LogP contribution in [0.1, 0.15) is 13.3 Å². The van der Waals surface area contributed by atoms with Crippen LogP contribution < -0.4 is 10.6 Å². The molecule has 0 radical (unpaired) electrons. The molecule has 2 fully saturated rings. The van der Waals surface area contributed by atoms with Crippen LogP contribution in [-0.4, -0.2) is 94.6 Å². The topological polar surface area (TPSA) is 148 Å². The Hall–Kier alpha value is -1.75. The maximum atomic E-state index is 12.5. The number of carbonyl (C=O) groups is 3. The third-order valence-corrected chi connectivity index (χ3v) is 4.43. The molecule has 3 amide bonds. The quantitative estimate of drug-likeness (QED) is 0.352. The molecule has 6 atom stereocenters. The molecule has 2 aliphatic rings. The van der Waals surface area contributed by atoms with Crippen LogP contribution in [0.3, 0.4) is 0 Å². The summed E-state index contributed by atoms with van der Waals surface area (Å²) in [6.07, 6.45) is -4.34. The van der Waals surface area contributed by atoms with E-state index in [0.29, 0.717) is 0 Å². The summed E-state index contributed by atoms with van der Waals surface area (Å²) >= 11 is 0. The molecule has 10 heteroatoms. The molecule has 5 N–H and O–H groups in total. The van der Waals surface area contributed by atoms with Gasteiger partial charge >= 0.3 is 0 Å². The second kappa shape index (κ2) is 7.43. The molecule has 0 unspecified atom stereocenters. The van der Waals surface area contributed by atoms with Crippen molar-refractivity contribution in [1.82, 2.24) is 15.5 Å². The Morgan fingerprint density at radius 3 is 2.46 bits per heavy atom. The highest BCUT2D eigenvalue weighted by Gasteiger charge is 2.56. The first-order valence-corrected chi connectivity index (χ1v) is 7.71. The summed E-state index contributed by atoms with van der Waals surface area (Å²) in [5, 5.41) is 34.4. The fraction of sp³-hybridized carbons (Fsp3) is 0.786. The van der Waals surface area contributed by atoms with E-state index in [9.17, 15) is 29.7 Å². The van der Waals surface area contributed by atoms with Crippen molar-refractivity contribution >= 4 is 17.7 Å². The van der Waals surface area contributed by atoms with Crippen molar-refractivity contribution in [3.05, 3.63) is 0 Å². The van der Waals surface area contributed by atoms with Crippen LogP contribution >= 0.6 is 0 Å². The number of likely N-dealkylation sites (tertiary alicyclic amines) is 1. The summed E-state index contributed by atoms with van der Waals surface area (Å²) in [5.41, 5.74) is 0. The number of aliphatic hydroxyl groups is 3. The summed E-state index contributed by atoms with van der Waals surface area (Å²) in [5.74, 6) is -1.41. The molecule has 0 aromatic heterocycles. The molecule has 0 aromatic carbocycles. The van der Waals surface area contributed by atoms with Crippen molar-refractivity contribution in [3.8, 4) is 0 Å². The lowest BCUT2D eigenvalue weighted by Crippen LogP contribution is -2.63. The molecule has 136 valence electrons. The first-order valence-electron chi connectivity index (χ1n) is 7.71. The lowest BCUT2D eigenvalue weighted by molar-refractivity contribution is -0.199. The van der Waals surface area contributed by atoms with Gasteiger partial charge in [-0.25, -0.2) is 0 Å². The molecule has 2 heterocycles. The van der Waals surface area contributed by atoms with E-state index >= 15 is 0 Å². The van der Waals surface area contributed by atoms with Crippen LogP contribution in [0.15, 0.2) is 0 Å². The van der Waals surface area contributed by atoms with Gasteiger partial charge < -0.3 is 35.6 Å². The monoisotopic (exact) mass is 345 g/mol. The highest BCUT2D eigenvalue weighted by molar-refractivity contribution is 5.90. The van der Waals surface area contributed by atoms with Crippen molar-refractivity contribution in [3.63, 3.8) is 0 Å². The van der Waals surface area contributed by atoms with Gasteiger partial charge in [0.25, 0.3) is 0 Å². The van der Waals surface area contributed by atoms with Crippen LogP contribution in [0.2, 0.25) is 0 Å². The smallest absolute Gasteiger partial charge is 0.243 e. The van der Waals surface area contributed by atoms with Crippen molar-refractivity contribution in [2.45, 2.75) is 49.8 Å². The van der Waals surface area contributed by atoms with Crippen LogP contribution in [-0.2, 0) is 19.1 Å². The number of carbonyl (C=O) groups excluding carboxylic acids is 3. The molecule has 0 saturated carbocycles. The van der Waals surface area contributed by atoms with Crippen molar-refractivity contribution < 1.29 is 34.4 Å². The summed E-state index contributed by atoms with van der Waals surface area (Å²) < 4.78 is 5.55. The van der Waals surface area contributed by atoms with Gasteiger partial charge in [0.05, 0.1) is 25.3 Å². The van der Waals surface area contributed by atoms with E-state index in [1.165, 1.54) is 14.0 Å². The molecule has 0 bridgehead atoms. The fourth-order valence-corrected chi connectivity index (χ4v) is 3.29. The van der Waals surface area contributed by atoms with Gasteiger partial charge in [0, 0.05) is 20.4 Å². The van der Waals surface area contributed by atoms with E-state index in [1.807, 2.05) is 0 Å². The van der Waals surface area contributed by atoms with E-state index in [0.717, 1.165) is 4.90 Å². The van der Waals surface area contributed by atoms with Crippen LogP contribution in [0.4, 0.5) is 0 Å². The molecule has 0 spiro atoms. The van der Waals surface area contributed by atoms with E-state index in [2.05, 4.69) is 10.6 Å². The molecule has 2 rings (SSSR count). The summed E-state index contributed by atoms with van der Waals surface area (Å²) in [6, 6.07) is -1.84. The Bertz CT molecular complexity index is 515. The molecule has 0 aliphatic carbocycles. The number of amides is 3. The second-order valence-corrected chi connectivity index (χ2v) is 5.94. The average molecular weight is 345 g/mol. The van der Waals surface area contributed by atoms with Gasteiger partial charge in [0.1, 0.15) is 24.4 Å². The number of ether oxygens (including phenoxy) is 1. The predicted octanol–water partition coefficient (Wildman–Crippen LogP) is -3.68. The largest absolute Gasteiger partial charge is 0.394 e. The van der Waals surface area contributed by atoms with Gasteiger partial charge in [-0.05, 0) is 0 Å². The Morgan fingerprint density at radius 2 is 1.92 bits per heavy atom. The number of hydrogen-bond donors (Lipinski definition) is 5. The number of fused-ring (bicyclic) bond motifs is 1. The lowest BCUT2D eigenvalue weighted by Gasteiger charge is -2.42. The summed E-state index contributed by atoms with van der Waals surface area (Å²) in [7, 11) is 1.42. The normalized spacial score (nSPS) is 35.3. The van der Waals surface area contributed by atoms with Gasteiger partial charge in [0.2, 0.25) is 17.7 Å². The van der Waals surface area contributed by atoms with E-state index in [1.54, 1.807) is 0 Å². The number of likely N-dealkylation sites (N-methyl/N-ethyl adjacent to an activating group) is 1. The van der Waals surface area contributed by atoms with E-state index in [4.69, 9.17) is 4.74 Å². The highest BCUT2D eigenvalue weighted by atomic mass is 16.5. The molecule has 0 aromatic rings. The number of nitrogens with one attached hydrogen (secondary N) is 2. The number of aliphatic hydroxyl groups excluding tert-OH is 3. The van der Waals surface area contributed by atoms with Crippen molar-refractivity contribution in [2.75, 3.05) is 20.2 Å². The number of rotatable bonds is 4. The third kappa shape index (κ3) is 3.36. The predicted molar refractivity (Wildman–Crippen MR) is 79.5 cm³/mol. The Labute approximate surface area is 138 Å². The lowest BCUT2D eigenvalue weighted by atomic mass is 9.93. The minimum absolute atomic E-state index is 0.121. The van der Waals surface area contributed by atoms with Gasteiger partial charge in [0.15, 0.2) is 0 Å². The van der Waals surface area contributed by atoms with Crippen molar-refractivity contribution in [2.24, 2.45) is 0 Å². The first-order chi connectivity index (χ1) is 11.3. The first kappa shape index (κ1) is 18.6. The molecule has 2 saturated heterocycles. The zero-order valence-corrected chi connectivity index (χ0v) is 13.5. The molecule has 24 heavy (non-hydrogen) atoms. The molecular formula is C14H23N3O7. The minimum atomic E-state index is -1.39. The van der Waals surface area contributed by atoms with Crippen LogP contribution in [0.5, 0.6) is 0 Å². The highest BCUT2D eigenvalue weighted by Crippen LogP contribution is 2.35. The molecule has 10 nitrogen and oxygen atoms in total. The zero-order chi connectivity index (χ0) is 18.0.